The minimum Gasteiger partial charge on any atom is -0.478 e. The van der Waals surface area contributed by atoms with Crippen LogP contribution in [0.25, 0.3) is 21.7 Å². The summed E-state index contributed by atoms with van der Waals surface area (Å²) in [4.78, 5) is 19.7. The Hall–Kier alpha value is -2.73. The number of aromatic carboxylic acids is 1. The highest BCUT2D eigenvalue weighted by atomic mass is 16.4. The van der Waals surface area contributed by atoms with E-state index >= 15 is 0 Å². The molecule has 0 fully saturated rings. The number of aromatic nitrogens is 2. The fourth-order valence-corrected chi connectivity index (χ4v) is 2.29. The van der Waals surface area contributed by atoms with Gasteiger partial charge in [0.25, 0.3) is 0 Å². The SMILES string of the molecule is O=C(O)c1ccc2c(c1)nc(NCCO)c1ccncc12. The number of aliphatic hydroxyl groups excluding tert-OH is 1. The van der Waals surface area contributed by atoms with E-state index in [9.17, 15) is 4.79 Å². The topological polar surface area (TPSA) is 95.3 Å². The zero-order valence-corrected chi connectivity index (χ0v) is 11.1. The Kier molecular flexibility index (Phi) is 3.37. The van der Waals surface area contributed by atoms with Crippen LogP contribution in [0.2, 0.25) is 0 Å². The van der Waals surface area contributed by atoms with E-state index in [2.05, 4.69) is 15.3 Å². The summed E-state index contributed by atoms with van der Waals surface area (Å²) in [5.41, 5.74) is 0.766. The predicted molar refractivity (Wildman–Crippen MR) is 79.6 cm³/mol. The molecule has 0 radical (unpaired) electrons. The number of rotatable bonds is 4. The average Bonchev–Trinajstić information content (AvgIpc) is 2.52. The number of carboxylic acids is 1. The largest absolute Gasteiger partial charge is 0.478 e. The molecular weight excluding hydrogens is 270 g/mol. The molecule has 0 unspecified atom stereocenters. The number of pyridine rings is 2. The van der Waals surface area contributed by atoms with E-state index in [0.717, 1.165) is 16.2 Å². The van der Waals surface area contributed by atoms with Gasteiger partial charge in [0, 0.05) is 35.1 Å². The zero-order chi connectivity index (χ0) is 14.8. The number of hydrogen-bond acceptors (Lipinski definition) is 5. The number of hydrogen-bond donors (Lipinski definition) is 3. The van der Waals surface area contributed by atoms with Gasteiger partial charge in [-0.15, -0.1) is 0 Å². The van der Waals surface area contributed by atoms with Crippen molar-refractivity contribution in [3.8, 4) is 0 Å². The molecule has 106 valence electrons. The van der Waals surface area contributed by atoms with Gasteiger partial charge in [0.1, 0.15) is 5.82 Å². The lowest BCUT2D eigenvalue weighted by atomic mass is 10.1. The first-order chi connectivity index (χ1) is 10.2. The standard InChI is InChI=1S/C15H13N3O3/c19-6-5-17-14-11-3-4-16-8-12(11)10-2-1-9(15(20)21)7-13(10)18-14/h1-4,7-8,19H,5-6H2,(H,17,18)(H,20,21). The monoisotopic (exact) mass is 283 g/mol. The van der Waals surface area contributed by atoms with E-state index in [4.69, 9.17) is 10.2 Å². The van der Waals surface area contributed by atoms with Gasteiger partial charge in [-0.25, -0.2) is 9.78 Å². The average molecular weight is 283 g/mol. The van der Waals surface area contributed by atoms with Crippen LogP contribution in [-0.4, -0.2) is 39.3 Å². The van der Waals surface area contributed by atoms with Crippen LogP contribution in [0.4, 0.5) is 5.82 Å². The molecule has 3 rings (SSSR count). The van der Waals surface area contributed by atoms with Gasteiger partial charge >= 0.3 is 5.97 Å². The smallest absolute Gasteiger partial charge is 0.335 e. The molecule has 21 heavy (non-hydrogen) atoms. The highest BCUT2D eigenvalue weighted by Gasteiger charge is 2.10. The van der Waals surface area contributed by atoms with Gasteiger partial charge in [-0.3, -0.25) is 4.98 Å². The maximum Gasteiger partial charge on any atom is 0.335 e. The summed E-state index contributed by atoms with van der Waals surface area (Å²) in [5.74, 6) is -0.383. The number of aliphatic hydroxyl groups is 1. The summed E-state index contributed by atoms with van der Waals surface area (Å²) >= 11 is 0. The van der Waals surface area contributed by atoms with Crippen molar-refractivity contribution in [2.45, 2.75) is 0 Å². The maximum atomic E-state index is 11.1. The predicted octanol–water partition coefficient (Wildman–Crippen LogP) is 1.89. The molecule has 0 bridgehead atoms. The zero-order valence-electron chi connectivity index (χ0n) is 11.1. The van der Waals surface area contributed by atoms with Crippen LogP contribution < -0.4 is 5.32 Å². The number of carboxylic acid groups (broad SMARTS) is 1. The number of nitrogens with one attached hydrogen (secondary N) is 1. The van der Waals surface area contributed by atoms with Crippen molar-refractivity contribution in [2.24, 2.45) is 0 Å². The molecule has 0 spiro atoms. The van der Waals surface area contributed by atoms with Crippen LogP contribution in [0, 0.1) is 0 Å². The molecule has 0 atom stereocenters. The molecule has 0 aliphatic carbocycles. The lowest BCUT2D eigenvalue weighted by Gasteiger charge is -2.10. The molecule has 0 saturated carbocycles. The summed E-state index contributed by atoms with van der Waals surface area (Å²) in [6, 6.07) is 6.67. The van der Waals surface area contributed by atoms with Crippen LogP contribution in [0.5, 0.6) is 0 Å². The van der Waals surface area contributed by atoms with Crippen LogP contribution in [0.1, 0.15) is 10.4 Å². The van der Waals surface area contributed by atoms with Crippen molar-refractivity contribution in [3.05, 3.63) is 42.2 Å². The fourth-order valence-electron chi connectivity index (χ4n) is 2.29. The Labute approximate surface area is 120 Å². The normalized spacial score (nSPS) is 10.9. The van der Waals surface area contributed by atoms with Gasteiger partial charge in [0.15, 0.2) is 0 Å². The first-order valence-corrected chi connectivity index (χ1v) is 6.46. The van der Waals surface area contributed by atoms with Crippen molar-refractivity contribution in [3.63, 3.8) is 0 Å². The highest BCUT2D eigenvalue weighted by Crippen LogP contribution is 2.29. The third-order valence-corrected chi connectivity index (χ3v) is 3.25. The molecular formula is C15H13N3O3. The molecule has 3 aromatic rings. The molecule has 6 heteroatoms. The fraction of sp³-hybridized carbons (Fsp3) is 0.133. The third-order valence-electron chi connectivity index (χ3n) is 3.25. The second-order valence-electron chi connectivity index (χ2n) is 4.57. The van der Waals surface area contributed by atoms with Crippen LogP contribution in [-0.2, 0) is 0 Å². The number of nitrogens with zero attached hydrogens (tertiary/aromatic N) is 2. The summed E-state index contributed by atoms with van der Waals surface area (Å²) < 4.78 is 0. The number of carbonyl (C=O) groups is 1. The van der Waals surface area contributed by atoms with Gasteiger partial charge in [-0.1, -0.05) is 6.07 Å². The molecule has 2 aromatic heterocycles. The quantitative estimate of drug-likeness (QED) is 0.633. The van der Waals surface area contributed by atoms with Crippen molar-refractivity contribution in [1.29, 1.82) is 0 Å². The van der Waals surface area contributed by atoms with Crippen LogP contribution in [0.3, 0.4) is 0 Å². The van der Waals surface area contributed by atoms with E-state index in [-0.39, 0.29) is 12.2 Å². The Morgan fingerprint density at radius 3 is 2.81 bits per heavy atom. The molecule has 0 amide bonds. The highest BCUT2D eigenvalue weighted by molar-refractivity contribution is 6.10. The maximum absolute atomic E-state index is 11.1. The second-order valence-corrected chi connectivity index (χ2v) is 4.57. The van der Waals surface area contributed by atoms with Gasteiger partial charge < -0.3 is 15.5 Å². The van der Waals surface area contributed by atoms with Gasteiger partial charge in [-0.05, 0) is 18.2 Å². The Morgan fingerprint density at radius 1 is 1.19 bits per heavy atom. The molecule has 0 saturated heterocycles. The van der Waals surface area contributed by atoms with Crippen molar-refractivity contribution < 1.29 is 15.0 Å². The number of fused-ring (bicyclic) bond motifs is 3. The minimum absolute atomic E-state index is 0.0124. The first kappa shape index (κ1) is 13.3. The van der Waals surface area contributed by atoms with E-state index in [1.807, 2.05) is 6.07 Å². The minimum atomic E-state index is -0.991. The summed E-state index contributed by atoms with van der Waals surface area (Å²) in [6.45, 7) is 0.357. The number of anilines is 1. The lowest BCUT2D eigenvalue weighted by Crippen LogP contribution is -2.08. The van der Waals surface area contributed by atoms with Crippen LogP contribution in [0.15, 0.2) is 36.7 Å². The first-order valence-electron chi connectivity index (χ1n) is 6.46. The molecule has 0 aliphatic rings. The van der Waals surface area contributed by atoms with Crippen molar-refractivity contribution in [1.82, 2.24) is 9.97 Å². The third kappa shape index (κ3) is 2.36. The molecule has 3 N–H and O–H groups in total. The molecule has 2 heterocycles. The van der Waals surface area contributed by atoms with Gasteiger partial charge in [0.05, 0.1) is 17.7 Å². The Balaban J connectivity index is 2.30. The molecule has 0 aliphatic heterocycles. The summed E-state index contributed by atoms with van der Waals surface area (Å²) in [7, 11) is 0. The molecule has 6 nitrogen and oxygen atoms in total. The Bertz CT molecular complexity index is 833. The number of benzene rings is 1. The van der Waals surface area contributed by atoms with Gasteiger partial charge in [0.2, 0.25) is 0 Å². The lowest BCUT2D eigenvalue weighted by molar-refractivity contribution is 0.0697. The summed E-state index contributed by atoms with van der Waals surface area (Å²) in [6.07, 6.45) is 3.40. The Morgan fingerprint density at radius 2 is 2.05 bits per heavy atom. The van der Waals surface area contributed by atoms with Crippen molar-refractivity contribution in [2.75, 3.05) is 18.5 Å². The van der Waals surface area contributed by atoms with Gasteiger partial charge in [-0.2, -0.15) is 0 Å². The molecule has 1 aromatic carbocycles. The van der Waals surface area contributed by atoms with E-state index in [0.29, 0.717) is 17.9 Å². The van der Waals surface area contributed by atoms with E-state index in [1.165, 1.54) is 6.07 Å². The van der Waals surface area contributed by atoms with Crippen molar-refractivity contribution >= 4 is 33.5 Å². The van der Waals surface area contributed by atoms with E-state index in [1.54, 1.807) is 24.5 Å². The van der Waals surface area contributed by atoms with Crippen LogP contribution >= 0.6 is 0 Å². The summed E-state index contributed by atoms with van der Waals surface area (Å²) in [5, 5.41) is 23.7. The van der Waals surface area contributed by atoms with E-state index < -0.39 is 5.97 Å². The second kappa shape index (κ2) is 5.34.